The minimum absolute atomic E-state index is 0. The predicted octanol–water partition coefficient (Wildman–Crippen LogP) is -6.05. The van der Waals surface area contributed by atoms with Gasteiger partial charge in [-0.3, -0.25) is 15.0 Å². The number of carboxylic acid groups (broad SMARTS) is 2. The first-order chi connectivity index (χ1) is 6.31. The molecular formula is C6H13N2NaO7. The molecule has 8 N–H and O–H groups in total. The molecule has 10 heteroatoms. The van der Waals surface area contributed by atoms with Crippen LogP contribution in [-0.2, 0) is 14.4 Å². The Hall–Kier alpha value is -0.710. The molecule has 0 aromatic carbocycles. The van der Waals surface area contributed by atoms with Gasteiger partial charge < -0.3 is 22.2 Å². The van der Waals surface area contributed by atoms with Gasteiger partial charge in [0.15, 0.2) is 5.60 Å². The number of hydrazine groups is 1. The quantitative estimate of drug-likeness (QED) is 0.139. The van der Waals surface area contributed by atoms with Crippen molar-refractivity contribution in [2.75, 3.05) is 0 Å². The summed E-state index contributed by atoms with van der Waals surface area (Å²) in [5, 5.41) is 26.1. The van der Waals surface area contributed by atoms with E-state index < -0.39 is 36.3 Å². The Morgan fingerprint density at radius 1 is 1.25 bits per heavy atom. The van der Waals surface area contributed by atoms with E-state index >= 15 is 0 Å². The summed E-state index contributed by atoms with van der Waals surface area (Å²) in [7, 11) is 0. The first kappa shape index (κ1) is 20.7. The third-order valence-corrected chi connectivity index (χ3v) is 1.46. The van der Waals surface area contributed by atoms with Crippen LogP contribution in [-0.4, -0.2) is 44.2 Å². The fourth-order valence-electron chi connectivity index (χ4n) is 0.781. The summed E-state index contributed by atoms with van der Waals surface area (Å²) < 4.78 is 0. The van der Waals surface area contributed by atoms with E-state index in [0.29, 0.717) is 0 Å². The number of hydrogen-bond acceptors (Lipinski definition) is 5. The molecule has 9 nitrogen and oxygen atoms in total. The van der Waals surface area contributed by atoms with Crippen LogP contribution >= 0.6 is 0 Å². The standard InChI is InChI=1S/C6H10N2O6.Na.H2O.H/c7-8-3(9)1-6(14,5(12)13)2-4(10)11;;;/h14H,1-2,7H2,(H,8,9)(H,10,11)(H,12,13);;1H2;/q;+1;;-1. The van der Waals surface area contributed by atoms with Gasteiger partial charge in [-0.15, -0.1) is 0 Å². The Morgan fingerprint density at radius 3 is 1.94 bits per heavy atom. The van der Waals surface area contributed by atoms with Gasteiger partial charge >= 0.3 is 41.5 Å². The smallest absolute Gasteiger partial charge is 1.00 e. The summed E-state index contributed by atoms with van der Waals surface area (Å²) in [6.07, 6.45) is -1.99. The molecule has 0 rings (SSSR count). The monoisotopic (exact) mass is 248 g/mol. The second kappa shape index (κ2) is 8.44. The van der Waals surface area contributed by atoms with Gasteiger partial charge in [0, 0.05) is 0 Å². The fraction of sp³-hybridized carbons (Fsp3) is 0.500. The van der Waals surface area contributed by atoms with E-state index in [1.807, 2.05) is 0 Å². The Morgan fingerprint density at radius 2 is 1.69 bits per heavy atom. The number of hydrogen-bond donors (Lipinski definition) is 5. The second-order valence-corrected chi connectivity index (χ2v) is 2.65. The van der Waals surface area contributed by atoms with Crippen LogP contribution in [0.15, 0.2) is 0 Å². The summed E-state index contributed by atoms with van der Waals surface area (Å²) in [5.41, 5.74) is -1.04. The minimum atomic E-state index is -2.63. The Balaban J connectivity index is -0.000000282. The van der Waals surface area contributed by atoms with Gasteiger partial charge in [0.1, 0.15) is 0 Å². The first-order valence-electron chi connectivity index (χ1n) is 3.49. The molecule has 0 bridgehead atoms. The SMILES string of the molecule is NNC(=O)CC(O)(CC(=O)O)C(=O)O.O.[H-].[Na+]. The first-order valence-corrected chi connectivity index (χ1v) is 3.49. The van der Waals surface area contributed by atoms with Crippen molar-refractivity contribution in [1.82, 2.24) is 5.43 Å². The van der Waals surface area contributed by atoms with E-state index in [9.17, 15) is 19.5 Å². The van der Waals surface area contributed by atoms with Crippen LogP contribution in [0.3, 0.4) is 0 Å². The zero-order valence-corrected chi connectivity index (χ0v) is 10.6. The van der Waals surface area contributed by atoms with Gasteiger partial charge in [-0.1, -0.05) is 0 Å². The predicted molar refractivity (Wildman–Crippen MR) is 46.5 cm³/mol. The van der Waals surface area contributed by atoms with Gasteiger partial charge in [0.2, 0.25) is 5.91 Å². The molecule has 0 aliphatic carbocycles. The zero-order chi connectivity index (χ0) is 11.4. The van der Waals surface area contributed by atoms with Crippen LogP contribution in [0.25, 0.3) is 0 Å². The summed E-state index contributed by atoms with van der Waals surface area (Å²) in [4.78, 5) is 31.3. The molecular weight excluding hydrogens is 235 g/mol. The number of nitrogens with one attached hydrogen (secondary N) is 1. The van der Waals surface area contributed by atoms with Crippen LogP contribution in [0.1, 0.15) is 14.3 Å². The molecule has 0 spiro atoms. The second-order valence-electron chi connectivity index (χ2n) is 2.65. The van der Waals surface area contributed by atoms with E-state index in [1.54, 1.807) is 5.43 Å². The minimum Gasteiger partial charge on any atom is -1.00 e. The van der Waals surface area contributed by atoms with E-state index in [0.717, 1.165) is 0 Å². The number of amides is 1. The van der Waals surface area contributed by atoms with Gasteiger partial charge in [0.25, 0.3) is 0 Å². The van der Waals surface area contributed by atoms with Crippen molar-refractivity contribution in [2.24, 2.45) is 5.84 Å². The van der Waals surface area contributed by atoms with Gasteiger partial charge in [0.05, 0.1) is 12.8 Å². The summed E-state index contributed by atoms with van der Waals surface area (Å²) in [5.74, 6) is 0.381. The maximum atomic E-state index is 10.7. The average molecular weight is 248 g/mol. The molecule has 0 radical (unpaired) electrons. The zero-order valence-electron chi connectivity index (χ0n) is 9.56. The molecule has 0 saturated carbocycles. The number of carbonyl (C=O) groups excluding carboxylic acids is 1. The largest absolute Gasteiger partial charge is 1.00 e. The van der Waals surface area contributed by atoms with E-state index in [-0.39, 0.29) is 36.5 Å². The molecule has 0 aromatic rings. The third-order valence-electron chi connectivity index (χ3n) is 1.46. The van der Waals surface area contributed by atoms with Crippen molar-refractivity contribution in [2.45, 2.75) is 18.4 Å². The number of carboxylic acids is 2. The Kier molecular flexibility index (Phi) is 10.9. The maximum Gasteiger partial charge on any atom is 1.00 e. The summed E-state index contributed by atoms with van der Waals surface area (Å²) >= 11 is 0. The molecule has 16 heavy (non-hydrogen) atoms. The molecule has 90 valence electrons. The number of aliphatic hydroxyl groups is 1. The van der Waals surface area contributed by atoms with Crippen LogP contribution < -0.4 is 40.8 Å². The van der Waals surface area contributed by atoms with Crippen molar-refractivity contribution in [3.63, 3.8) is 0 Å². The van der Waals surface area contributed by atoms with Crippen molar-refractivity contribution >= 4 is 17.8 Å². The van der Waals surface area contributed by atoms with Crippen LogP contribution in [0.5, 0.6) is 0 Å². The molecule has 0 aliphatic rings. The summed E-state index contributed by atoms with van der Waals surface area (Å²) in [6.45, 7) is 0. The van der Waals surface area contributed by atoms with Gasteiger partial charge in [-0.05, 0) is 0 Å². The van der Waals surface area contributed by atoms with Crippen molar-refractivity contribution in [3.8, 4) is 0 Å². The number of nitrogens with two attached hydrogens (primary N) is 1. The van der Waals surface area contributed by atoms with Crippen LogP contribution in [0.2, 0.25) is 0 Å². The van der Waals surface area contributed by atoms with Crippen molar-refractivity contribution in [1.29, 1.82) is 0 Å². The molecule has 0 aromatic heterocycles. The molecule has 0 aliphatic heterocycles. The molecule has 0 saturated heterocycles. The normalized spacial score (nSPS) is 12.4. The number of carbonyl (C=O) groups is 3. The molecule has 0 heterocycles. The van der Waals surface area contributed by atoms with E-state index in [2.05, 4.69) is 5.84 Å². The van der Waals surface area contributed by atoms with Crippen LogP contribution in [0.4, 0.5) is 0 Å². The van der Waals surface area contributed by atoms with E-state index in [4.69, 9.17) is 10.2 Å². The average Bonchev–Trinajstić information content (AvgIpc) is 2.02. The van der Waals surface area contributed by atoms with Crippen LogP contribution in [0, 0.1) is 0 Å². The molecule has 1 unspecified atom stereocenters. The fourth-order valence-corrected chi connectivity index (χ4v) is 0.781. The number of aliphatic carboxylic acids is 2. The van der Waals surface area contributed by atoms with Crippen molar-refractivity contribution < 1.29 is 66.2 Å². The maximum absolute atomic E-state index is 10.7. The summed E-state index contributed by atoms with van der Waals surface area (Å²) in [6, 6.07) is 0. The van der Waals surface area contributed by atoms with E-state index in [1.165, 1.54) is 0 Å². The Labute approximate surface area is 114 Å². The molecule has 0 fully saturated rings. The van der Waals surface area contributed by atoms with Gasteiger partial charge in [-0.25, -0.2) is 10.6 Å². The van der Waals surface area contributed by atoms with Gasteiger partial charge in [-0.2, -0.15) is 0 Å². The Bertz CT molecular complexity index is 277. The molecule has 1 atom stereocenters. The third kappa shape index (κ3) is 6.71. The topological polar surface area (TPSA) is 181 Å². The van der Waals surface area contributed by atoms with Crippen molar-refractivity contribution in [3.05, 3.63) is 0 Å². The number of rotatable bonds is 5. The molecule has 1 amide bonds.